The van der Waals surface area contributed by atoms with E-state index in [9.17, 15) is 9.59 Å². The zero-order valence-corrected chi connectivity index (χ0v) is 17.9. The van der Waals surface area contributed by atoms with Gasteiger partial charge in [0.25, 0.3) is 5.91 Å². The molecule has 5 heteroatoms. The molecule has 1 unspecified atom stereocenters. The molecule has 3 aromatic rings. The molecule has 0 aliphatic carbocycles. The Morgan fingerprint density at radius 1 is 0.806 bits per heavy atom. The van der Waals surface area contributed by atoms with E-state index in [4.69, 9.17) is 4.74 Å². The van der Waals surface area contributed by atoms with Gasteiger partial charge >= 0.3 is 0 Å². The third-order valence-corrected chi connectivity index (χ3v) is 5.27. The number of rotatable bonds is 8. The van der Waals surface area contributed by atoms with Crippen LogP contribution in [0.25, 0.3) is 0 Å². The van der Waals surface area contributed by atoms with Crippen LogP contribution in [0.3, 0.4) is 0 Å². The van der Waals surface area contributed by atoms with Crippen LogP contribution in [-0.4, -0.2) is 18.4 Å². The Labute approximate surface area is 183 Å². The summed E-state index contributed by atoms with van der Waals surface area (Å²) in [6.07, 6.45) is 0.975. The van der Waals surface area contributed by atoms with Gasteiger partial charge in [0, 0.05) is 0 Å². The Morgan fingerprint density at radius 2 is 1.35 bits per heavy atom. The average Bonchev–Trinajstić information content (AvgIpc) is 2.82. The van der Waals surface area contributed by atoms with E-state index in [1.54, 1.807) is 0 Å². The fraction of sp³-hybridized carbons (Fsp3) is 0.231. The highest BCUT2D eigenvalue weighted by Gasteiger charge is 2.23. The van der Waals surface area contributed by atoms with E-state index in [-0.39, 0.29) is 12.5 Å². The molecule has 0 aliphatic rings. The summed E-state index contributed by atoms with van der Waals surface area (Å²) in [6.45, 7) is 4.05. The molecule has 3 aromatic carbocycles. The van der Waals surface area contributed by atoms with E-state index < -0.39 is 11.8 Å². The zero-order chi connectivity index (χ0) is 22.1. The van der Waals surface area contributed by atoms with Crippen LogP contribution in [-0.2, 0) is 9.59 Å². The number of amides is 2. The molecule has 5 nitrogen and oxygen atoms in total. The summed E-state index contributed by atoms with van der Waals surface area (Å²) in [5, 5.41) is 0. The molecule has 31 heavy (non-hydrogen) atoms. The van der Waals surface area contributed by atoms with Gasteiger partial charge in [-0.25, -0.2) is 0 Å². The second-order valence-corrected chi connectivity index (χ2v) is 7.43. The number of hydrogen-bond donors (Lipinski definition) is 2. The predicted octanol–water partition coefficient (Wildman–Crippen LogP) is 4.56. The Morgan fingerprint density at radius 3 is 1.94 bits per heavy atom. The molecule has 2 N–H and O–H groups in total. The van der Waals surface area contributed by atoms with E-state index in [0.29, 0.717) is 11.7 Å². The Balaban J connectivity index is 1.62. The molecule has 0 aromatic heterocycles. The molecule has 0 spiro atoms. The third-order valence-electron chi connectivity index (χ3n) is 5.27. The van der Waals surface area contributed by atoms with Crippen LogP contribution in [0.1, 0.15) is 48.8 Å². The van der Waals surface area contributed by atoms with Gasteiger partial charge in [0.2, 0.25) is 5.91 Å². The molecule has 0 saturated carbocycles. The lowest BCUT2D eigenvalue weighted by Crippen LogP contribution is -2.46. The van der Waals surface area contributed by atoms with E-state index in [1.807, 2.05) is 84.9 Å². The van der Waals surface area contributed by atoms with Crippen molar-refractivity contribution in [1.82, 2.24) is 10.9 Å². The van der Waals surface area contributed by atoms with Gasteiger partial charge in [0.05, 0.1) is 5.92 Å². The van der Waals surface area contributed by atoms with Crippen molar-refractivity contribution in [2.45, 2.75) is 32.1 Å². The summed E-state index contributed by atoms with van der Waals surface area (Å²) in [5.41, 5.74) is 7.78. The quantitative estimate of drug-likeness (QED) is 0.529. The monoisotopic (exact) mass is 416 g/mol. The smallest absolute Gasteiger partial charge is 0.276 e. The normalized spacial score (nSPS) is 11.6. The Bertz CT molecular complexity index is 950. The molecule has 0 saturated heterocycles. The van der Waals surface area contributed by atoms with Crippen LogP contribution in [0.5, 0.6) is 5.75 Å². The minimum Gasteiger partial charge on any atom is -0.483 e. The van der Waals surface area contributed by atoms with Crippen molar-refractivity contribution in [3.05, 3.63) is 102 Å². The maximum absolute atomic E-state index is 12.9. The second-order valence-electron chi connectivity index (χ2n) is 7.43. The SMILES string of the molecule is CCC(C)c1ccccc1OCC(=O)NNC(=O)C(c1ccccc1)c1ccccc1. The lowest BCUT2D eigenvalue weighted by molar-refractivity contribution is -0.130. The number of hydrazine groups is 1. The van der Waals surface area contributed by atoms with Crippen LogP contribution < -0.4 is 15.6 Å². The van der Waals surface area contributed by atoms with Gasteiger partial charge in [-0.2, -0.15) is 0 Å². The van der Waals surface area contributed by atoms with Crippen molar-refractivity contribution in [2.75, 3.05) is 6.61 Å². The van der Waals surface area contributed by atoms with E-state index in [1.165, 1.54) is 0 Å². The molecule has 0 heterocycles. The predicted molar refractivity (Wildman–Crippen MR) is 122 cm³/mol. The number of hydrogen-bond acceptors (Lipinski definition) is 3. The molecule has 160 valence electrons. The molecule has 0 aliphatic heterocycles. The first-order valence-electron chi connectivity index (χ1n) is 10.5. The third kappa shape index (κ3) is 5.95. The molecule has 0 bridgehead atoms. The zero-order valence-electron chi connectivity index (χ0n) is 17.9. The summed E-state index contributed by atoms with van der Waals surface area (Å²) in [5.74, 6) is -0.256. The number of ether oxygens (including phenoxy) is 1. The molecule has 1 atom stereocenters. The summed E-state index contributed by atoms with van der Waals surface area (Å²) in [6, 6.07) is 26.7. The van der Waals surface area contributed by atoms with Gasteiger partial charge in [0.15, 0.2) is 6.61 Å². The van der Waals surface area contributed by atoms with Crippen molar-refractivity contribution in [2.24, 2.45) is 0 Å². The highest BCUT2D eigenvalue weighted by atomic mass is 16.5. The van der Waals surface area contributed by atoms with Gasteiger partial charge in [-0.05, 0) is 35.1 Å². The number of carbonyl (C=O) groups is 2. The first-order chi connectivity index (χ1) is 15.1. The first kappa shape index (κ1) is 22.1. The standard InChI is InChI=1S/C26H28N2O3/c1-3-19(2)22-16-10-11-17-23(22)31-18-24(29)27-28-26(30)25(20-12-6-4-7-13-20)21-14-8-5-9-15-21/h4-17,19,25H,3,18H2,1-2H3,(H,27,29)(H,28,30). The lowest BCUT2D eigenvalue weighted by atomic mass is 9.91. The lowest BCUT2D eigenvalue weighted by Gasteiger charge is -2.19. The van der Waals surface area contributed by atoms with Gasteiger partial charge in [-0.15, -0.1) is 0 Å². The maximum Gasteiger partial charge on any atom is 0.276 e. The van der Waals surface area contributed by atoms with Crippen LogP contribution in [0, 0.1) is 0 Å². The summed E-state index contributed by atoms with van der Waals surface area (Å²) in [7, 11) is 0. The van der Waals surface area contributed by atoms with E-state index in [2.05, 4.69) is 24.7 Å². The van der Waals surface area contributed by atoms with Crippen LogP contribution in [0.15, 0.2) is 84.9 Å². The van der Waals surface area contributed by atoms with E-state index >= 15 is 0 Å². The minimum absolute atomic E-state index is 0.185. The maximum atomic E-state index is 12.9. The van der Waals surface area contributed by atoms with Crippen molar-refractivity contribution < 1.29 is 14.3 Å². The first-order valence-corrected chi connectivity index (χ1v) is 10.5. The Kier molecular flexibility index (Phi) is 7.82. The number of carbonyl (C=O) groups excluding carboxylic acids is 2. The fourth-order valence-corrected chi connectivity index (χ4v) is 3.41. The molecular weight excluding hydrogens is 388 g/mol. The van der Waals surface area contributed by atoms with E-state index in [0.717, 1.165) is 23.1 Å². The molecule has 3 rings (SSSR count). The fourth-order valence-electron chi connectivity index (χ4n) is 3.41. The van der Waals surface area contributed by atoms with Crippen LogP contribution in [0.4, 0.5) is 0 Å². The van der Waals surface area contributed by atoms with Crippen LogP contribution >= 0.6 is 0 Å². The molecule has 0 radical (unpaired) electrons. The Hall–Kier alpha value is -3.60. The van der Waals surface area contributed by atoms with Gasteiger partial charge in [-0.1, -0.05) is 92.7 Å². The van der Waals surface area contributed by atoms with Gasteiger partial charge in [0.1, 0.15) is 5.75 Å². The highest BCUT2D eigenvalue weighted by molar-refractivity contribution is 5.89. The second kappa shape index (κ2) is 11.0. The largest absolute Gasteiger partial charge is 0.483 e. The molecule has 0 fully saturated rings. The van der Waals surface area contributed by atoms with Crippen LogP contribution in [0.2, 0.25) is 0 Å². The molecular formula is C26H28N2O3. The average molecular weight is 417 g/mol. The van der Waals surface area contributed by atoms with Crippen molar-refractivity contribution in [3.8, 4) is 5.75 Å². The van der Waals surface area contributed by atoms with Crippen molar-refractivity contribution >= 4 is 11.8 Å². The summed E-state index contributed by atoms with van der Waals surface area (Å²) in [4.78, 5) is 25.3. The topological polar surface area (TPSA) is 67.4 Å². The molecule has 2 amide bonds. The number of nitrogens with one attached hydrogen (secondary N) is 2. The highest BCUT2D eigenvalue weighted by Crippen LogP contribution is 2.28. The number of para-hydroxylation sites is 1. The summed E-state index contributed by atoms with van der Waals surface area (Å²) >= 11 is 0. The number of benzene rings is 3. The minimum atomic E-state index is -0.533. The van der Waals surface area contributed by atoms with Gasteiger partial charge < -0.3 is 4.74 Å². The van der Waals surface area contributed by atoms with Crippen molar-refractivity contribution in [3.63, 3.8) is 0 Å². The van der Waals surface area contributed by atoms with Crippen molar-refractivity contribution in [1.29, 1.82) is 0 Å². The summed E-state index contributed by atoms with van der Waals surface area (Å²) < 4.78 is 5.72. The van der Waals surface area contributed by atoms with Gasteiger partial charge in [-0.3, -0.25) is 20.4 Å².